The average Bonchev–Trinajstić information content (AvgIpc) is 3.24. The number of carbonyl (C=O) groups excluding carboxylic acids is 2. The molecule has 0 aromatic heterocycles. The third-order valence-corrected chi connectivity index (χ3v) is 6.06. The summed E-state index contributed by atoms with van der Waals surface area (Å²) in [5.41, 5.74) is 4.42. The van der Waals surface area contributed by atoms with E-state index in [1.807, 2.05) is 18.2 Å². The summed E-state index contributed by atoms with van der Waals surface area (Å²) in [7, 11) is 4.49. The number of ether oxygens (including phenoxy) is 4. The van der Waals surface area contributed by atoms with Crippen LogP contribution in [-0.4, -0.2) is 42.5 Å². The van der Waals surface area contributed by atoms with Crippen LogP contribution >= 0.6 is 24.0 Å². The molecular weight excluding hydrogens is 440 g/mol. The van der Waals surface area contributed by atoms with Crippen molar-refractivity contribution < 1.29 is 28.5 Å². The van der Waals surface area contributed by atoms with Crippen molar-refractivity contribution in [2.75, 3.05) is 21.3 Å². The van der Waals surface area contributed by atoms with E-state index in [9.17, 15) is 9.59 Å². The Labute approximate surface area is 188 Å². The van der Waals surface area contributed by atoms with E-state index in [0.29, 0.717) is 22.0 Å². The maximum Gasteiger partial charge on any atom is 0.344 e. The van der Waals surface area contributed by atoms with Gasteiger partial charge in [-0.15, -0.1) is 0 Å². The molecule has 2 aliphatic heterocycles. The van der Waals surface area contributed by atoms with E-state index < -0.39 is 12.2 Å². The van der Waals surface area contributed by atoms with Crippen LogP contribution < -0.4 is 19.6 Å². The first-order valence-corrected chi connectivity index (χ1v) is 10.3. The minimum atomic E-state index is -0.907. The number of nitrogens with zero attached hydrogens (tertiary/aromatic N) is 1. The predicted octanol–water partition coefficient (Wildman–Crippen LogP) is 3.29. The number of carbonyl (C=O) groups is 2. The van der Waals surface area contributed by atoms with Gasteiger partial charge in [0.25, 0.3) is 5.91 Å². The molecule has 1 unspecified atom stereocenters. The van der Waals surface area contributed by atoms with Crippen LogP contribution in [0.4, 0.5) is 0 Å². The number of thiocarbonyl (C=S) groups is 1. The van der Waals surface area contributed by atoms with Crippen molar-refractivity contribution in [2.24, 2.45) is 0 Å². The fraction of sp³-hybridized carbons (Fsp3) is 0.190. The average molecular weight is 459 g/mol. The summed E-state index contributed by atoms with van der Waals surface area (Å²) in [4.78, 5) is 25.9. The molecule has 0 bridgehead atoms. The van der Waals surface area contributed by atoms with Crippen LogP contribution in [0, 0.1) is 0 Å². The van der Waals surface area contributed by atoms with Crippen LogP contribution in [0.5, 0.6) is 17.2 Å². The fourth-order valence-corrected chi connectivity index (χ4v) is 4.50. The number of rotatable bonds is 6. The molecule has 2 heterocycles. The Morgan fingerprint density at radius 1 is 1.06 bits per heavy atom. The van der Waals surface area contributed by atoms with Crippen molar-refractivity contribution >= 4 is 46.3 Å². The normalized spacial score (nSPS) is 18.9. The van der Waals surface area contributed by atoms with Crippen LogP contribution in [0.2, 0.25) is 0 Å². The summed E-state index contributed by atoms with van der Waals surface area (Å²) in [6.45, 7) is 0. The largest absolute Gasteiger partial charge is 0.496 e. The molecule has 0 saturated carbocycles. The Morgan fingerprint density at radius 2 is 1.81 bits per heavy atom. The lowest BCUT2D eigenvalue weighted by Gasteiger charge is -2.21. The molecule has 1 saturated heterocycles. The zero-order valence-electron chi connectivity index (χ0n) is 16.8. The van der Waals surface area contributed by atoms with Crippen molar-refractivity contribution in [3.05, 3.63) is 58.0 Å². The quantitative estimate of drug-likeness (QED) is 0.398. The molecule has 1 amide bonds. The van der Waals surface area contributed by atoms with Gasteiger partial charge in [0.2, 0.25) is 0 Å². The second-order valence-corrected chi connectivity index (χ2v) is 8.11. The van der Waals surface area contributed by atoms with Crippen molar-refractivity contribution in [3.63, 3.8) is 0 Å². The number of hydrazine groups is 1. The fourth-order valence-electron chi connectivity index (χ4n) is 3.32. The van der Waals surface area contributed by atoms with Gasteiger partial charge in [-0.2, -0.15) is 5.43 Å². The summed E-state index contributed by atoms with van der Waals surface area (Å²) < 4.78 is 21.6. The molecule has 160 valence electrons. The van der Waals surface area contributed by atoms with Crippen LogP contribution in [0.25, 0.3) is 6.08 Å². The van der Waals surface area contributed by atoms with E-state index in [2.05, 4.69) is 5.43 Å². The lowest BCUT2D eigenvalue weighted by atomic mass is 10.1. The van der Waals surface area contributed by atoms with Gasteiger partial charge in [0.1, 0.15) is 11.3 Å². The Bertz CT molecular complexity index is 1120. The second-order valence-electron chi connectivity index (χ2n) is 6.44. The van der Waals surface area contributed by atoms with Gasteiger partial charge in [0.05, 0.1) is 26.2 Å². The molecule has 2 aliphatic rings. The van der Waals surface area contributed by atoms with E-state index in [1.54, 1.807) is 31.4 Å². The molecule has 2 aromatic carbocycles. The van der Waals surface area contributed by atoms with Crippen LogP contribution in [0.15, 0.2) is 41.3 Å². The van der Waals surface area contributed by atoms with Gasteiger partial charge in [-0.1, -0.05) is 42.2 Å². The van der Waals surface area contributed by atoms with E-state index >= 15 is 0 Å². The van der Waals surface area contributed by atoms with Crippen LogP contribution in [-0.2, 0) is 9.53 Å². The third-order valence-electron chi connectivity index (χ3n) is 4.75. The first kappa shape index (κ1) is 21.2. The van der Waals surface area contributed by atoms with Gasteiger partial charge in [0.15, 0.2) is 22.0 Å². The molecule has 10 heteroatoms. The number of benzene rings is 2. The minimum absolute atomic E-state index is 0.245. The molecule has 8 nitrogen and oxygen atoms in total. The highest BCUT2D eigenvalue weighted by molar-refractivity contribution is 8.26. The van der Waals surface area contributed by atoms with Crippen molar-refractivity contribution in [2.45, 2.75) is 6.23 Å². The SMILES string of the molecule is COc1ccccc1/C=C1\SC(=S)N(NC2OC(=O)c3c2ccc(OC)c3OC)C1=O. The van der Waals surface area contributed by atoms with E-state index in [0.717, 1.165) is 17.3 Å². The number of cyclic esters (lactones) is 1. The van der Waals surface area contributed by atoms with E-state index in [-0.39, 0.29) is 21.5 Å². The molecule has 1 atom stereocenters. The molecule has 0 radical (unpaired) electrons. The Balaban J connectivity index is 1.60. The molecule has 0 spiro atoms. The lowest BCUT2D eigenvalue weighted by Crippen LogP contribution is -2.43. The van der Waals surface area contributed by atoms with Crippen LogP contribution in [0.1, 0.15) is 27.7 Å². The maximum absolute atomic E-state index is 13.0. The summed E-state index contributed by atoms with van der Waals surface area (Å²) in [5.74, 6) is 0.379. The Hall–Kier alpha value is -3.08. The Kier molecular flexibility index (Phi) is 5.86. The summed E-state index contributed by atoms with van der Waals surface area (Å²) in [6, 6.07) is 10.7. The van der Waals surface area contributed by atoms with Gasteiger partial charge < -0.3 is 18.9 Å². The molecule has 1 N–H and O–H groups in total. The highest BCUT2D eigenvalue weighted by atomic mass is 32.2. The number of para-hydroxylation sites is 1. The van der Waals surface area contributed by atoms with Gasteiger partial charge in [-0.3, -0.25) is 4.79 Å². The number of amides is 1. The number of thioether (sulfide) groups is 1. The summed E-state index contributed by atoms with van der Waals surface area (Å²) >= 11 is 6.51. The number of fused-ring (bicyclic) bond motifs is 1. The van der Waals surface area contributed by atoms with Crippen molar-refractivity contribution in [1.29, 1.82) is 0 Å². The van der Waals surface area contributed by atoms with Gasteiger partial charge in [-0.05, 0) is 24.3 Å². The number of methoxy groups -OCH3 is 3. The first-order valence-electron chi connectivity index (χ1n) is 9.11. The number of hydrogen-bond acceptors (Lipinski definition) is 9. The molecular formula is C21H18N2O6S2. The summed E-state index contributed by atoms with van der Waals surface area (Å²) in [6.07, 6.45) is 0.804. The van der Waals surface area contributed by atoms with Gasteiger partial charge in [-0.25, -0.2) is 9.80 Å². The third kappa shape index (κ3) is 3.73. The monoisotopic (exact) mass is 458 g/mol. The molecule has 31 heavy (non-hydrogen) atoms. The van der Waals surface area contributed by atoms with Crippen molar-refractivity contribution in [3.8, 4) is 17.2 Å². The minimum Gasteiger partial charge on any atom is -0.496 e. The highest BCUT2D eigenvalue weighted by Gasteiger charge is 2.40. The number of nitrogens with one attached hydrogen (secondary N) is 1. The lowest BCUT2D eigenvalue weighted by molar-refractivity contribution is -0.126. The summed E-state index contributed by atoms with van der Waals surface area (Å²) in [5, 5.41) is 1.20. The predicted molar refractivity (Wildman–Crippen MR) is 119 cm³/mol. The molecule has 1 fully saturated rings. The van der Waals surface area contributed by atoms with E-state index in [4.69, 9.17) is 31.2 Å². The van der Waals surface area contributed by atoms with Gasteiger partial charge >= 0.3 is 5.97 Å². The maximum atomic E-state index is 13.0. The smallest absolute Gasteiger partial charge is 0.344 e. The van der Waals surface area contributed by atoms with E-state index in [1.165, 1.54) is 19.2 Å². The highest BCUT2D eigenvalue weighted by Crippen LogP contribution is 2.42. The van der Waals surface area contributed by atoms with Crippen LogP contribution in [0.3, 0.4) is 0 Å². The molecule has 2 aromatic rings. The van der Waals surface area contributed by atoms with Gasteiger partial charge in [0, 0.05) is 11.1 Å². The second kappa shape index (κ2) is 8.58. The molecule has 4 rings (SSSR count). The van der Waals surface area contributed by atoms with Crippen molar-refractivity contribution in [1.82, 2.24) is 10.4 Å². The number of esters is 1. The Morgan fingerprint density at radius 3 is 2.52 bits per heavy atom. The first-order chi connectivity index (χ1) is 15.0. The number of hydrogen-bond donors (Lipinski definition) is 1. The molecule has 0 aliphatic carbocycles. The zero-order valence-corrected chi connectivity index (χ0v) is 18.5. The zero-order chi connectivity index (χ0) is 22.1. The topological polar surface area (TPSA) is 86.3 Å². The standard InChI is InChI=1S/C21H18N2O6S2/c1-26-13-7-5-4-6-11(13)10-15-19(24)23(21(30)31-15)22-18-12-8-9-14(27-2)17(28-3)16(12)20(25)29-18/h4-10,18,22H,1-3H3/b15-10-.